The van der Waals surface area contributed by atoms with Crippen LogP contribution >= 0.6 is 11.6 Å². The average Bonchev–Trinajstić information content (AvgIpc) is 2.57. The van der Waals surface area contributed by atoms with E-state index in [0.29, 0.717) is 16.5 Å². The maximum atomic E-state index is 12.9. The molecule has 130 valence electrons. The smallest absolute Gasteiger partial charge is 0.335 e. The summed E-state index contributed by atoms with van der Waals surface area (Å²) in [5.74, 6) is -0.564. The summed E-state index contributed by atoms with van der Waals surface area (Å²) >= 11 is 6.09. The van der Waals surface area contributed by atoms with Crippen molar-refractivity contribution < 1.29 is 19.4 Å². The van der Waals surface area contributed by atoms with Crippen molar-refractivity contribution in [1.29, 1.82) is 0 Å². The summed E-state index contributed by atoms with van der Waals surface area (Å²) in [7, 11) is 0. The van der Waals surface area contributed by atoms with Gasteiger partial charge >= 0.3 is 5.97 Å². The zero-order valence-electron chi connectivity index (χ0n) is 13.9. The summed E-state index contributed by atoms with van der Waals surface area (Å²) in [5.41, 5.74) is 1.50. The fourth-order valence-electron chi connectivity index (χ4n) is 2.83. The van der Waals surface area contributed by atoms with Crippen LogP contribution < -0.4 is 9.64 Å². The maximum absolute atomic E-state index is 12.9. The molecule has 0 fully saturated rings. The highest BCUT2D eigenvalue weighted by Crippen LogP contribution is 2.38. The minimum atomic E-state index is -1.00. The largest absolute Gasteiger partial charge is 0.478 e. The number of halogens is 1. The highest BCUT2D eigenvalue weighted by molar-refractivity contribution is 6.31. The number of carboxylic acids is 1. The van der Waals surface area contributed by atoms with Gasteiger partial charge in [0, 0.05) is 5.02 Å². The second kappa shape index (κ2) is 6.76. The summed E-state index contributed by atoms with van der Waals surface area (Å²) in [6.07, 6.45) is -0.587. The van der Waals surface area contributed by atoms with Crippen molar-refractivity contribution in [2.75, 3.05) is 4.90 Å². The first-order valence-electron chi connectivity index (χ1n) is 7.96. The molecule has 0 bridgehead atoms. The number of benzene rings is 2. The Bertz CT molecular complexity index is 834. The lowest BCUT2D eigenvalue weighted by molar-refractivity contribution is -0.128. The summed E-state index contributed by atoms with van der Waals surface area (Å²) in [4.78, 5) is 25.7. The Kier molecular flexibility index (Phi) is 4.68. The molecule has 1 heterocycles. The van der Waals surface area contributed by atoms with E-state index in [9.17, 15) is 9.59 Å². The van der Waals surface area contributed by atoms with Crippen LogP contribution in [-0.2, 0) is 11.3 Å². The van der Waals surface area contributed by atoms with Gasteiger partial charge in [0.1, 0.15) is 5.75 Å². The van der Waals surface area contributed by atoms with Crippen LogP contribution in [0.2, 0.25) is 5.02 Å². The highest BCUT2D eigenvalue weighted by atomic mass is 35.5. The Morgan fingerprint density at radius 2 is 2.04 bits per heavy atom. The third-order valence-electron chi connectivity index (χ3n) is 4.10. The summed E-state index contributed by atoms with van der Waals surface area (Å²) < 4.78 is 5.85. The molecule has 1 amide bonds. The van der Waals surface area contributed by atoms with Gasteiger partial charge in [-0.3, -0.25) is 4.79 Å². The van der Waals surface area contributed by atoms with E-state index < -0.39 is 12.1 Å². The van der Waals surface area contributed by atoms with Gasteiger partial charge in [-0.25, -0.2) is 4.79 Å². The number of aromatic carboxylic acids is 1. The van der Waals surface area contributed by atoms with Gasteiger partial charge in [-0.1, -0.05) is 37.6 Å². The molecule has 2 aromatic rings. The van der Waals surface area contributed by atoms with Gasteiger partial charge in [-0.05, 0) is 41.8 Å². The molecule has 0 radical (unpaired) electrons. The molecule has 5 nitrogen and oxygen atoms in total. The normalized spacial score (nSPS) is 16.6. The van der Waals surface area contributed by atoms with Crippen molar-refractivity contribution >= 4 is 29.2 Å². The van der Waals surface area contributed by atoms with Crippen LogP contribution in [0, 0.1) is 5.92 Å². The number of hydrogen-bond acceptors (Lipinski definition) is 3. The van der Waals surface area contributed by atoms with Crippen molar-refractivity contribution in [3.8, 4) is 5.75 Å². The minimum absolute atomic E-state index is 0.00387. The Balaban J connectivity index is 2.01. The second-order valence-corrected chi connectivity index (χ2v) is 6.76. The van der Waals surface area contributed by atoms with Gasteiger partial charge in [-0.15, -0.1) is 0 Å². The molecule has 2 aromatic carbocycles. The third-order valence-corrected chi connectivity index (χ3v) is 4.33. The lowest BCUT2D eigenvalue weighted by atomic mass is 10.0. The number of carboxylic acid groups (broad SMARTS) is 1. The molecule has 25 heavy (non-hydrogen) atoms. The van der Waals surface area contributed by atoms with E-state index in [1.807, 2.05) is 13.8 Å². The van der Waals surface area contributed by atoms with E-state index in [0.717, 1.165) is 5.56 Å². The van der Waals surface area contributed by atoms with Crippen molar-refractivity contribution in [2.45, 2.75) is 26.5 Å². The molecule has 0 aromatic heterocycles. The van der Waals surface area contributed by atoms with E-state index in [-0.39, 0.29) is 23.9 Å². The average molecular weight is 360 g/mol. The van der Waals surface area contributed by atoms with Crippen LogP contribution in [0.5, 0.6) is 5.75 Å². The van der Waals surface area contributed by atoms with Gasteiger partial charge < -0.3 is 14.7 Å². The summed E-state index contributed by atoms with van der Waals surface area (Å²) in [6, 6.07) is 11.7. The van der Waals surface area contributed by atoms with Crippen LogP contribution in [-0.4, -0.2) is 23.1 Å². The molecule has 6 heteroatoms. The number of amides is 1. The number of carbonyl (C=O) groups excluding carboxylic acids is 1. The fourth-order valence-corrected chi connectivity index (χ4v) is 3.00. The first kappa shape index (κ1) is 17.3. The molecule has 1 aliphatic rings. The van der Waals surface area contributed by atoms with Crippen LogP contribution in [0.4, 0.5) is 5.69 Å². The topological polar surface area (TPSA) is 66.8 Å². The number of carbonyl (C=O) groups is 2. The monoisotopic (exact) mass is 359 g/mol. The van der Waals surface area contributed by atoms with Crippen LogP contribution in [0.25, 0.3) is 0 Å². The number of rotatable bonds is 4. The van der Waals surface area contributed by atoms with Crippen molar-refractivity contribution in [3.05, 3.63) is 58.6 Å². The predicted octanol–water partition coefficient (Wildman–Crippen LogP) is 3.99. The molecular weight excluding hydrogens is 342 g/mol. The number of nitrogens with zero attached hydrogens (tertiary/aromatic N) is 1. The quantitative estimate of drug-likeness (QED) is 0.896. The molecule has 1 atom stereocenters. The molecule has 1 aliphatic heterocycles. The lowest BCUT2D eigenvalue weighted by Gasteiger charge is -2.36. The first-order chi connectivity index (χ1) is 11.9. The SMILES string of the molecule is CC(C)C1Oc2ccc(Cl)cc2N(Cc2cccc(C(=O)O)c2)C1=O. The molecule has 0 spiro atoms. The van der Waals surface area contributed by atoms with E-state index in [4.69, 9.17) is 21.4 Å². The van der Waals surface area contributed by atoms with Crippen molar-refractivity contribution in [1.82, 2.24) is 0 Å². The zero-order chi connectivity index (χ0) is 18.1. The third kappa shape index (κ3) is 3.46. The van der Waals surface area contributed by atoms with E-state index in [2.05, 4.69) is 0 Å². The fraction of sp³-hybridized carbons (Fsp3) is 0.263. The Morgan fingerprint density at radius 1 is 1.28 bits per heavy atom. The molecular formula is C19H18ClNO4. The number of hydrogen-bond donors (Lipinski definition) is 1. The van der Waals surface area contributed by atoms with Gasteiger partial charge in [0.15, 0.2) is 6.10 Å². The van der Waals surface area contributed by atoms with Gasteiger partial charge in [-0.2, -0.15) is 0 Å². The zero-order valence-corrected chi connectivity index (χ0v) is 14.7. The van der Waals surface area contributed by atoms with E-state index in [1.54, 1.807) is 41.3 Å². The molecule has 3 rings (SSSR count). The number of ether oxygens (including phenoxy) is 1. The van der Waals surface area contributed by atoms with E-state index in [1.165, 1.54) is 6.07 Å². The van der Waals surface area contributed by atoms with Gasteiger partial charge in [0.05, 0.1) is 17.8 Å². The predicted molar refractivity (Wildman–Crippen MR) is 95.3 cm³/mol. The van der Waals surface area contributed by atoms with Crippen LogP contribution in [0.15, 0.2) is 42.5 Å². The number of fused-ring (bicyclic) bond motifs is 1. The standard InChI is InChI=1S/C19H18ClNO4/c1-11(2)17-18(22)21(15-9-14(20)6-7-16(15)25-17)10-12-4-3-5-13(8-12)19(23)24/h3-9,11,17H,10H2,1-2H3,(H,23,24). The Hall–Kier alpha value is -2.53. The first-order valence-corrected chi connectivity index (χ1v) is 8.34. The second-order valence-electron chi connectivity index (χ2n) is 6.32. The number of anilines is 1. The lowest BCUT2D eigenvalue weighted by Crippen LogP contribution is -2.48. The summed E-state index contributed by atoms with van der Waals surface area (Å²) in [6.45, 7) is 4.10. The summed E-state index contributed by atoms with van der Waals surface area (Å²) in [5, 5.41) is 9.66. The van der Waals surface area contributed by atoms with Gasteiger partial charge in [0.25, 0.3) is 5.91 Å². The minimum Gasteiger partial charge on any atom is -0.478 e. The Morgan fingerprint density at radius 3 is 2.72 bits per heavy atom. The van der Waals surface area contributed by atoms with Crippen LogP contribution in [0.1, 0.15) is 29.8 Å². The van der Waals surface area contributed by atoms with Crippen molar-refractivity contribution in [3.63, 3.8) is 0 Å². The molecule has 1 N–H and O–H groups in total. The maximum Gasteiger partial charge on any atom is 0.335 e. The van der Waals surface area contributed by atoms with Gasteiger partial charge in [0.2, 0.25) is 0 Å². The highest BCUT2D eigenvalue weighted by Gasteiger charge is 2.36. The molecule has 0 saturated carbocycles. The molecule has 1 unspecified atom stereocenters. The van der Waals surface area contributed by atoms with E-state index >= 15 is 0 Å². The molecule has 0 saturated heterocycles. The Labute approximate surface area is 150 Å². The van der Waals surface area contributed by atoms with Crippen molar-refractivity contribution in [2.24, 2.45) is 5.92 Å². The molecule has 0 aliphatic carbocycles. The van der Waals surface area contributed by atoms with Crippen LogP contribution in [0.3, 0.4) is 0 Å².